The molecule has 0 atom stereocenters. The predicted octanol–water partition coefficient (Wildman–Crippen LogP) is 2.06. The Morgan fingerprint density at radius 2 is 2.23 bits per heavy atom. The number of nitrogens with zero attached hydrogens (tertiary/aromatic N) is 3. The second-order valence-electron chi connectivity index (χ2n) is 5.58. The fraction of sp³-hybridized carbons (Fsp3) is 0.357. The number of anilines is 1. The van der Waals surface area contributed by atoms with Crippen LogP contribution in [-0.2, 0) is 0 Å². The van der Waals surface area contributed by atoms with Crippen LogP contribution in [0.25, 0.3) is 5.82 Å². The molecule has 0 aliphatic heterocycles. The Bertz CT molecular complexity index is 656. The first-order chi connectivity index (χ1) is 10.4. The number of urea groups is 1. The average Bonchev–Trinajstić information content (AvgIpc) is 2.94. The molecule has 8 heteroatoms. The molecule has 0 saturated carbocycles. The number of aliphatic hydroxyl groups is 1. The van der Waals surface area contributed by atoms with Crippen molar-refractivity contribution in [3.05, 3.63) is 35.6 Å². The first-order valence-electron chi connectivity index (χ1n) is 6.73. The van der Waals surface area contributed by atoms with E-state index >= 15 is 0 Å². The molecule has 22 heavy (non-hydrogen) atoms. The number of aliphatic hydroxyl groups excluding tert-OH is 1. The second kappa shape index (κ2) is 6.76. The zero-order chi connectivity index (χ0) is 16.2. The van der Waals surface area contributed by atoms with Gasteiger partial charge in [-0.15, -0.1) is 5.10 Å². The molecular formula is C14H18ClN5O2. The van der Waals surface area contributed by atoms with Gasteiger partial charge >= 0.3 is 6.03 Å². The van der Waals surface area contributed by atoms with Gasteiger partial charge in [-0.25, -0.2) is 14.5 Å². The van der Waals surface area contributed by atoms with Crippen molar-refractivity contribution in [3.63, 3.8) is 0 Å². The van der Waals surface area contributed by atoms with Gasteiger partial charge in [-0.3, -0.25) is 5.32 Å². The Hall–Kier alpha value is -2.12. The molecule has 0 aromatic carbocycles. The molecule has 2 amide bonds. The number of amides is 2. The number of carbonyl (C=O) groups excluding carboxylic acids is 1. The van der Waals surface area contributed by atoms with E-state index in [-0.39, 0.29) is 18.1 Å². The number of pyridine rings is 1. The molecule has 2 aromatic rings. The summed E-state index contributed by atoms with van der Waals surface area (Å²) in [5.74, 6) is 0.861. The maximum atomic E-state index is 11.8. The first-order valence-corrected chi connectivity index (χ1v) is 7.11. The number of hydrogen-bond acceptors (Lipinski definition) is 4. The van der Waals surface area contributed by atoms with E-state index in [1.54, 1.807) is 30.6 Å². The van der Waals surface area contributed by atoms with Gasteiger partial charge in [0.1, 0.15) is 0 Å². The van der Waals surface area contributed by atoms with Crippen LogP contribution in [-0.4, -0.2) is 39.1 Å². The summed E-state index contributed by atoms with van der Waals surface area (Å²) in [6, 6.07) is 4.69. The van der Waals surface area contributed by atoms with E-state index in [1.165, 1.54) is 4.68 Å². The lowest BCUT2D eigenvalue weighted by Gasteiger charge is -2.21. The minimum Gasteiger partial charge on any atom is -0.396 e. The summed E-state index contributed by atoms with van der Waals surface area (Å²) in [6.07, 6.45) is 3.27. The van der Waals surface area contributed by atoms with Crippen LogP contribution in [0.1, 0.15) is 13.8 Å². The van der Waals surface area contributed by atoms with Gasteiger partial charge in [-0.05, 0) is 12.1 Å². The van der Waals surface area contributed by atoms with E-state index in [0.29, 0.717) is 23.2 Å². The molecule has 0 saturated heterocycles. The molecule has 2 rings (SSSR count). The minimum absolute atomic E-state index is 0.0138. The Labute approximate surface area is 133 Å². The van der Waals surface area contributed by atoms with Crippen LogP contribution in [0, 0.1) is 5.41 Å². The molecule has 0 bridgehead atoms. The van der Waals surface area contributed by atoms with Crippen LogP contribution >= 0.6 is 11.6 Å². The SMILES string of the molecule is CC(C)(CO)CNC(=O)Nc1ccn(-c2ncccc2Cl)n1. The molecule has 0 unspecified atom stereocenters. The minimum atomic E-state index is -0.390. The van der Waals surface area contributed by atoms with Crippen LogP contribution in [0.3, 0.4) is 0 Å². The molecule has 0 spiro atoms. The van der Waals surface area contributed by atoms with E-state index in [1.807, 2.05) is 13.8 Å². The molecule has 0 radical (unpaired) electrons. The van der Waals surface area contributed by atoms with Crippen molar-refractivity contribution in [2.45, 2.75) is 13.8 Å². The highest BCUT2D eigenvalue weighted by Crippen LogP contribution is 2.17. The number of nitrogens with one attached hydrogen (secondary N) is 2. The number of carbonyl (C=O) groups is 1. The largest absolute Gasteiger partial charge is 0.396 e. The van der Waals surface area contributed by atoms with Gasteiger partial charge in [0.05, 0.1) is 5.02 Å². The molecular weight excluding hydrogens is 306 g/mol. The lowest BCUT2D eigenvalue weighted by atomic mass is 9.95. The maximum absolute atomic E-state index is 11.8. The number of halogens is 1. The summed E-state index contributed by atoms with van der Waals surface area (Å²) < 4.78 is 1.48. The van der Waals surface area contributed by atoms with Gasteiger partial charge in [0.25, 0.3) is 0 Å². The van der Waals surface area contributed by atoms with Gasteiger partial charge in [-0.1, -0.05) is 25.4 Å². The van der Waals surface area contributed by atoms with E-state index in [2.05, 4.69) is 20.7 Å². The highest BCUT2D eigenvalue weighted by atomic mass is 35.5. The number of hydrogen-bond donors (Lipinski definition) is 3. The zero-order valence-corrected chi connectivity index (χ0v) is 13.1. The second-order valence-corrected chi connectivity index (χ2v) is 5.99. The quantitative estimate of drug-likeness (QED) is 0.785. The van der Waals surface area contributed by atoms with Crippen molar-refractivity contribution in [2.24, 2.45) is 5.41 Å². The highest BCUT2D eigenvalue weighted by molar-refractivity contribution is 6.32. The molecule has 2 heterocycles. The van der Waals surface area contributed by atoms with Crippen molar-refractivity contribution in [2.75, 3.05) is 18.5 Å². The van der Waals surface area contributed by atoms with E-state index in [4.69, 9.17) is 16.7 Å². The molecule has 7 nitrogen and oxygen atoms in total. The van der Waals surface area contributed by atoms with Crippen LogP contribution in [0.2, 0.25) is 5.02 Å². The Balaban J connectivity index is 1.98. The van der Waals surface area contributed by atoms with Crippen molar-refractivity contribution in [1.29, 1.82) is 0 Å². The van der Waals surface area contributed by atoms with Crippen molar-refractivity contribution < 1.29 is 9.90 Å². The summed E-state index contributed by atoms with van der Waals surface area (Å²) in [7, 11) is 0. The Morgan fingerprint density at radius 1 is 1.45 bits per heavy atom. The van der Waals surface area contributed by atoms with Crippen LogP contribution < -0.4 is 10.6 Å². The van der Waals surface area contributed by atoms with Gasteiger partial charge < -0.3 is 10.4 Å². The van der Waals surface area contributed by atoms with Gasteiger partial charge in [0, 0.05) is 37.0 Å². The molecule has 0 aliphatic rings. The summed E-state index contributed by atoms with van der Waals surface area (Å²) in [6.45, 7) is 4.04. The molecule has 3 N–H and O–H groups in total. The predicted molar refractivity (Wildman–Crippen MR) is 84.3 cm³/mol. The third kappa shape index (κ3) is 4.19. The van der Waals surface area contributed by atoms with Crippen LogP contribution in [0.15, 0.2) is 30.6 Å². The lowest BCUT2D eigenvalue weighted by Crippen LogP contribution is -2.38. The van der Waals surface area contributed by atoms with E-state index in [0.717, 1.165) is 0 Å². The lowest BCUT2D eigenvalue weighted by molar-refractivity contribution is 0.158. The molecule has 118 valence electrons. The highest BCUT2D eigenvalue weighted by Gasteiger charge is 2.17. The summed E-state index contributed by atoms with van der Waals surface area (Å²) in [4.78, 5) is 15.9. The zero-order valence-electron chi connectivity index (χ0n) is 12.4. The third-order valence-corrected chi connectivity index (χ3v) is 3.24. The molecule has 0 aliphatic carbocycles. The Kier molecular flexibility index (Phi) is 4.99. The fourth-order valence-electron chi connectivity index (χ4n) is 1.59. The fourth-order valence-corrected chi connectivity index (χ4v) is 1.80. The summed E-state index contributed by atoms with van der Waals surface area (Å²) in [5.41, 5.74) is -0.377. The van der Waals surface area contributed by atoms with Gasteiger partial charge in [0.2, 0.25) is 0 Å². The summed E-state index contributed by atoms with van der Waals surface area (Å²) in [5, 5.41) is 19.1. The molecule has 0 fully saturated rings. The Morgan fingerprint density at radius 3 is 2.91 bits per heavy atom. The third-order valence-electron chi connectivity index (χ3n) is 2.94. The van der Waals surface area contributed by atoms with E-state index in [9.17, 15) is 4.79 Å². The normalized spacial score (nSPS) is 11.3. The van der Waals surface area contributed by atoms with Crippen LogP contribution in [0.5, 0.6) is 0 Å². The molecule has 2 aromatic heterocycles. The van der Waals surface area contributed by atoms with Crippen molar-refractivity contribution >= 4 is 23.4 Å². The standard InChI is InChI=1S/C14H18ClN5O2/c1-14(2,9-21)8-17-13(22)18-11-5-7-20(19-11)12-10(15)4-3-6-16-12/h3-7,21H,8-9H2,1-2H3,(H2,17,18,19,22). The smallest absolute Gasteiger partial charge is 0.320 e. The first kappa shape index (κ1) is 16.3. The van der Waals surface area contributed by atoms with E-state index < -0.39 is 0 Å². The van der Waals surface area contributed by atoms with Crippen molar-refractivity contribution in [3.8, 4) is 5.82 Å². The average molecular weight is 324 g/mol. The maximum Gasteiger partial charge on any atom is 0.320 e. The van der Waals surface area contributed by atoms with Crippen molar-refractivity contribution in [1.82, 2.24) is 20.1 Å². The number of aromatic nitrogens is 3. The van der Waals surface area contributed by atoms with Gasteiger partial charge in [0.15, 0.2) is 11.6 Å². The summed E-state index contributed by atoms with van der Waals surface area (Å²) >= 11 is 6.04. The number of rotatable bonds is 5. The monoisotopic (exact) mass is 323 g/mol. The van der Waals surface area contributed by atoms with Gasteiger partial charge in [-0.2, -0.15) is 0 Å². The topological polar surface area (TPSA) is 92.1 Å². The van der Waals surface area contributed by atoms with Crippen LogP contribution in [0.4, 0.5) is 10.6 Å².